The molecule has 0 aromatic heterocycles. The van der Waals surface area contributed by atoms with E-state index in [0.717, 1.165) is 16.6 Å². The zero-order valence-corrected chi connectivity index (χ0v) is 10.5. The first kappa shape index (κ1) is 12.7. The van der Waals surface area contributed by atoms with Crippen molar-refractivity contribution < 1.29 is 14.0 Å². The van der Waals surface area contributed by atoms with E-state index in [1.54, 1.807) is 0 Å². The van der Waals surface area contributed by atoms with Crippen LogP contribution in [0.3, 0.4) is 0 Å². The average Bonchev–Trinajstić information content (AvgIpc) is 2.14. The van der Waals surface area contributed by atoms with Crippen LogP contribution in [0.4, 0.5) is 0 Å². The lowest BCUT2D eigenvalue weighted by molar-refractivity contribution is -0.884. The number of hydrogen-bond acceptors (Lipinski definition) is 2. The molecule has 0 spiro atoms. The van der Waals surface area contributed by atoms with Crippen molar-refractivity contribution in [1.82, 2.24) is 0 Å². The molecule has 1 aromatic rings. The van der Waals surface area contributed by atoms with E-state index in [9.17, 15) is 4.79 Å². The van der Waals surface area contributed by atoms with E-state index in [1.165, 1.54) is 12.5 Å². The Labute approximate surface area is 97.2 Å². The molecule has 0 radical (unpaired) electrons. The van der Waals surface area contributed by atoms with Crippen LogP contribution >= 0.6 is 0 Å². The van der Waals surface area contributed by atoms with Crippen LogP contribution in [0.25, 0.3) is 0 Å². The second-order valence-corrected chi connectivity index (χ2v) is 5.00. The summed E-state index contributed by atoms with van der Waals surface area (Å²) in [5, 5.41) is 0. The van der Waals surface area contributed by atoms with Crippen LogP contribution in [-0.4, -0.2) is 31.6 Å². The second-order valence-electron chi connectivity index (χ2n) is 5.00. The van der Waals surface area contributed by atoms with Gasteiger partial charge in [0, 0.05) is 12.5 Å². The maximum Gasteiger partial charge on any atom is 0.302 e. The molecule has 1 rings (SSSR count). The molecular formula is C13H20NO2+. The lowest BCUT2D eigenvalue weighted by Crippen LogP contribution is -2.33. The number of carbonyl (C=O) groups excluding carboxylic acids is 1. The van der Waals surface area contributed by atoms with E-state index >= 15 is 0 Å². The van der Waals surface area contributed by atoms with Gasteiger partial charge in [0.05, 0.1) is 21.1 Å². The number of carbonyl (C=O) groups is 1. The summed E-state index contributed by atoms with van der Waals surface area (Å²) in [7, 11) is 6.42. The number of quaternary nitrogens is 1. The summed E-state index contributed by atoms with van der Waals surface area (Å²) in [6.45, 7) is 2.73. The highest BCUT2D eigenvalue weighted by molar-refractivity contribution is 5.65. The zero-order valence-electron chi connectivity index (χ0n) is 10.5. The van der Waals surface area contributed by atoms with Crippen molar-refractivity contribution in [2.75, 3.05) is 21.1 Å². The number of esters is 1. The third-order valence-corrected chi connectivity index (χ3v) is 2.19. The number of hydrogen-bond donors (Lipinski definition) is 0. The van der Waals surface area contributed by atoms with Crippen molar-refractivity contribution >= 4 is 5.97 Å². The molecule has 0 atom stereocenters. The van der Waals surface area contributed by atoms with E-state index in [4.69, 9.17) is 4.74 Å². The van der Waals surface area contributed by atoms with Gasteiger partial charge in [0.25, 0.3) is 0 Å². The smallest absolute Gasteiger partial charge is 0.302 e. The third-order valence-electron chi connectivity index (χ3n) is 2.19. The fraction of sp³-hybridized carbons (Fsp3) is 0.462. The molecule has 0 unspecified atom stereocenters. The number of ether oxygens (including phenoxy) is 1. The standard InChI is InChI=1S/C13H20NO2/c1-11(15)16-10-13-8-6-5-7-12(13)9-14(2,3)4/h5-8H,9-10H2,1-4H3/q+1. The summed E-state index contributed by atoms with van der Waals surface area (Å²) < 4.78 is 5.90. The van der Waals surface area contributed by atoms with E-state index in [0.29, 0.717) is 6.61 Å². The quantitative estimate of drug-likeness (QED) is 0.575. The van der Waals surface area contributed by atoms with E-state index in [1.807, 2.05) is 18.2 Å². The topological polar surface area (TPSA) is 26.3 Å². The lowest BCUT2D eigenvalue weighted by atomic mass is 10.1. The van der Waals surface area contributed by atoms with Crippen LogP contribution in [0.1, 0.15) is 18.1 Å². The number of rotatable bonds is 4. The van der Waals surface area contributed by atoms with Crippen LogP contribution < -0.4 is 0 Å². The summed E-state index contributed by atoms with van der Waals surface area (Å²) in [6.07, 6.45) is 0. The highest BCUT2D eigenvalue weighted by Crippen LogP contribution is 2.14. The first-order valence-electron chi connectivity index (χ1n) is 5.39. The molecule has 1 aromatic carbocycles. The molecule has 3 nitrogen and oxygen atoms in total. The highest BCUT2D eigenvalue weighted by Gasteiger charge is 2.12. The van der Waals surface area contributed by atoms with Gasteiger partial charge in [-0.1, -0.05) is 24.3 Å². The average molecular weight is 222 g/mol. The van der Waals surface area contributed by atoms with Gasteiger partial charge in [-0.3, -0.25) is 4.79 Å². The van der Waals surface area contributed by atoms with E-state index in [2.05, 4.69) is 27.2 Å². The van der Waals surface area contributed by atoms with Crippen molar-refractivity contribution in [3.8, 4) is 0 Å². The molecule has 0 N–H and O–H groups in total. The van der Waals surface area contributed by atoms with Gasteiger partial charge < -0.3 is 9.22 Å². The molecule has 0 saturated heterocycles. The molecule has 0 amide bonds. The van der Waals surface area contributed by atoms with Gasteiger partial charge in [0.2, 0.25) is 0 Å². The summed E-state index contributed by atoms with van der Waals surface area (Å²) in [4.78, 5) is 10.8. The van der Waals surface area contributed by atoms with E-state index in [-0.39, 0.29) is 5.97 Å². The first-order chi connectivity index (χ1) is 7.38. The van der Waals surface area contributed by atoms with Crippen LogP contribution in [0.2, 0.25) is 0 Å². The predicted octanol–water partition coefficient (Wildman–Crippen LogP) is 1.96. The molecule has 0 aliphatic rings. The fourth-order valence-electron chi connectivity index (χ4n) is 1.54. The fourth-order valence-corrected chi connectivity index (χ4v) is 1.54. The van der Waals surface area contributed by atoms with Gasteiger partial charge in [0.1, 0.15) is 13.2 Å². The van der Waals surface area contributed by atoms with Crippen molar-refractivity contribution in [2.24, 2.45) is 0 Å². The molecule has 0 aliphatic heterocycles. The Morgan fingerprint density at radius 2 is 1.75 bits per heavy atom. The lowest BCUT2D eigenvalue weighted by Gasteiger charge is -2.25. The van der Waals surface area contributed by atoms with Gasteiger partial charge in [-0.05, 0) is 5.56 Å². The Kier molecular flexibility index (Phi) is 4.07. The second kappa shape index (κ2) is 5.12. The van der Waals surface area contributed by atoms with Gasteiger partial charge in [-0.15, -0.1) is 0 Å². The Balaban J connectivity index is 2.79. The van der Waals surface area contributed by atoms with Crippen molar-refractivity contribution in [1.29, 1.82) is 0 Å². The summed E-state index contributed by atoms with van der Waals surface area (Å²) in [5.74, 6) is -0.236. The molecule has 0 bridgehead atoms. The number of benzene rings is 1. The minimum atomic E-state index is -0.236. The molecule has 16 heavy (non-hydrogen) atoms. The Hall–Kier alpha value is -1.35. The normalized spacial score (nSPS) is 11.2. The summed E-state index contributed by atoms with van der Waals surface area (Å²) in [6, 6.07) is 8.08. The molecule has 88 valence electrons. The molecule has 0 aliphatic carbocycles. The molecule has 0 fully saturated rings. The third kappa shape index (κ3) is 4.45. The predicted molar refractivity (Wildman–Crippen MR) is 63.6 cm³/mol. The molecule has 0 saturated carbocycles. The van der Waals surface area contributed by atoms with Crippen LogP contribution in [0, 0.1) is 0 Å². The maximum absolute atomic E-state index is 10.8. The van der Waals surface area contributed by atoms with Gasteiger partial charge in [0.15, 0.2) is 0 Å². The molecule has 3 heteroatoms. The van der Waals surface area contributed by atoms with Crippen LogP contribution in [0.15, 0.2) is 24.3 Å². The summed E-state index contributed by atoms with van der Waals surface area (Å²) in [5.41, 5.74) is 2.32. The van der Waals surface area contributed by atoms with Gasteiger partial charge in [-0.2, -0.15) is 0 Å². The minimum Gasteiger partial charge on any atom is -0.461 e. The van der Waals surface area contributed by atoms with Crippen molar-refractivity contribution in [3.63, 3.8) is 0 Å². The van der Waals surface area contributed by atoms with Gasteiger partial charge >= 0.3 is 5.97 Å². The summed E-state index contributed by atoms with van der Waals surface area (Å²) >= 11 is 0. The number of nitrogens with zero attached hydrogens (tertiary/aromatic N) is 1. The Bertz CT molecular complexity index is 366. The maximum atomic E-state index is 10.8. The minimum absolute atomic E-state index is 0.236. The largest absolute Gasteiger partial charge is 0.461 e. The Morgan fingerprint density at radius 3 is 2.25 bits per heavy atom. The monoisotopic (exact) mass is 222 g/mol. The van der Waals surface area contributed by atoms with Gasteiger partial charge in [-0.25, -0.2) is 0 Å². The van der Waals surface area contributed by atoms with Crippen molar-refractivity contribution in [3.05, 3.63) is 35.4 Å². The Morgan fingerprint density at radius 1 is 1.19 bits per heavy atom. The molecule has 0 heterocycles. The zero-order chi connectivity index (χ0) is 12.2. The van der Waals surface area contributed by atoms with Crippen molar-refractivity contribution in [2.45, 2.75) is 20.1 Å². The first-order valence-corrected chi connectivity index (χ1v) is 5.39. The van der Waals surface area contributed by atoms with E-state index < -0.39 is 0 Å². The van der Waals surface area contributed by atoms with Crippen LogP contribution in [0.5, 0.6) is 0 Å². The molecular weight excluding hydrogens is 202 g/mol. The van der Waals surface area contributed by atoms with Crippen LogP contribution in [-0.2, 0) is 22.7 Å². The SMILES string of the molecule is CC(=O)OCc1ccccc1C[N+](C)(C)C. The highest BCUT2D eigenvalue weighted by atomic mass is 16.5.